The van der Waals surface area contributed by atoms with Crippen LogP contribution in [0.1, 0.15) is 24.2 Å². The third-order valence-corrected chi connectivity index (χ3v) is 3.27. The summed E-state index contributed by atoms with van der Waals surface area (Å²) in [5.41, 5.74) is 2.26. The summed E-state index contributed by atoms with van der Waals surface area (Å²) in [7, 11) is 0. The second kappa shape index (κ2) is 4.23. The van der Waals surface area contributed by atoms with Crippen molar-refractivity contribution in [1.29, 1.82) is 0 Å². The van der Waals surface area contributed by atoms with Crippen molar-refractivity contribution >= 4 is 23.2 Å². The van der Waals surface area contributed by atoms with Gasteiger partial charge in [0.2, 0.25) is 5.28 Å². The highest BCUT2D eigenvalue weighted by atomic mass is 35.5. The van der Waals surface area contributed by atoms with Crippen molar-refractivity contribution in [2.24, 2.45) is 0 Å². The highest BCUT2D eigenvalue weighted by Gasteiger charge is 2.19. The van der Waals surface area contributed by atoms with Crippen LogP contribution in [0.4, 0.5) is 0 Å². The largest absolute Gasteiger partial charge is 0.284 e. The number of rotatable bonds is 1. The Kier molecular flexibility index (Phi) is 2.72. The predicted molar refractivity (Wildman–Crippen MR) is 63.6 cm³/mol. The summed E-state index contributed by atoms with van der Waals surface area (Å²) in [5.74, 6) is 0.502. The molecule has 1 aliphatic rings. The molecule has 1 aliphatic carbocycles. The molecular formula is C10H9Cl2N5. The molecule has 0 unspecified atom stereocenters. The van der Waals surface area contributed by atoms with Crippen molar-refractivity contribution in [1.82, 2.24) is 24.7 Å². The van der Waals surface area contributed by atoms with Crippen LogP contribution >= 0.6 is 23.2 Å². The molecule has 2 aromatic rings. The number of imidazole rings is 1. The van der Waals surface area contributed by atoms with E-state index >= 15 is 0 Å². The summed E-state index contributed by atoms with van der Waals surface area (Å²) in [4.78, 5) is 8.48. The van der Waals surface area contributed by atoms with Crippen LogP contribution in [-0.4, -0.2) is 24.7 Å². The van der Waals surface area contributed by atoms with E-state index in [9.17, 15) is 0 Å². The smallest absolute Gasteiger partial charge is 0.245 e. The van der Waals surface area contributed by atoms with Gasteiger partial charge in [0.15, 0.2) is 11.0 Å². The molecule has 0 saturated heterocycles. The maximum Gasteiger partial charge on any atom is 0.245 e. The van der Waals surface area contributed by atoms with Crippen LogP contribution in [0.2, 0.25) is 10.4 Å². The zero-order valence-electron chi connectivity index (χ0n) is 8.90. The number of hydrogen-bond acceptors (Lipinski definition) is 4. The lowest BCUT2D eigenvalue weighted by atomic mass is 10.0. The first-order chi connectivity index (χ1) is 8.25. The number of hydrogen-bond donors (Lipinski definition) is 0. The molecule has 2 heterocycles. The average molecular weight is 270 g/mol. The fourth-order valence-electron chi connectivity index (χ4n) is 2.09. The normalized spacial score (nSPS) is 14.7. The van der Waals surface area contributed by atoms with Gasteiger partial charge in [0, 0.05) is 5.69 Å². The third kappa shape index (κ3) is 1.89. The number of fused-ring (bicyclic) bond motifs is 1. The molecule has 17 heavy (non-hydrogen) atoms. The Hall–Kier alpha value is -1.20. The van der Waals surface area contributed by atoms with Crippen LogP contribution in [0.25, 0.3) is 5.82 Å². The topological polar surface area (TPSA) is 56.5 Å². The van der Waals surface area contributed by atoms with Crippen LogP contribution in [0.5, 0.6) is 0 Å². The Morgan fingerprint density at radius 1 is 1.12 bits per heavy atom. The van der Waals surface area contributed by atoms with Crippen molar-refractivity contribution < 1.29 is 0 Å². The highest BCUT2D eigenvalue weighted by Crippen LogP contribution is 2.25. The van der Waals surface area contributed by atoms with Gasteiger partial charge in [0.1, 0.15) is 6.33 Å². The van der Waals surface area contributed by atoms with Gasteiger partial charge in [0.05, 0.1) is 5.69 Å². The first kappa shape index (κ1) is 10.9. The quantitative estimate of drug-likeness (QED) is 0.797. The van der Waals surface area contributed by atoms with Gasteiger partial charge in [-0.05, 0) is 37.3 Å². The van der Waals surface area contributed by atoms with Crippen LogP contribution < -0.4 is 0 Å². The van der Waals surface area contributed by atoms with E-state index in [2.05, 4.69) is 20.2 Å². The molecule has 0 radical (unpaired) electrons. The van der Waals surface area contributed by atoms with Gasteiger partial charge < -0.3 is 0 Å². The molecule has 88 valence electrons. The van der Waals surface area contributed by atoms with E-state index < -0.39 is 0 Å². The molecular weight excluding hydrogens is 261 g/mol. The monoisotopic (exact) mass is 269 g/mol. The molecule has 0 N–H and O–H groups in total. The minimum absolute atomic E-state index is 0.0858. The molecule has 0 aromatic carbocycles. The van der Waals surface area contributed by atoms with Crippen LogP contribution in [0.15, 0.2) is 6.33 Å². The lowest BCUT2D eigenvalue weighted by Gasteiger charge is -2.13. The van der Waals surface area contributed by atoms with Crippen LogP contribution in [-0.2, 0) is 12.8 Å². The van der Waals surface area contributed by atoms with E-state index in [1.807, 2.05) is 4.57 Å². The van der Waals surface area contributed by atoms with E-state index in [4.69, 9.17) is 23.2 Å². The van der Waals surface area contributed by atoms with Crippen molar-refractivity contribution in [2.75, 3.05) is 0 Å². The molecule has 0 saturated carbocycles. The van der Waals surface area contributed by atoms with Crippen LogP contribution in [0, 0.1) is 0 Å². The second-order valence-corrected chi connectivity index (χ2v) is 4.61. The van der Waals surface area contributed by atoms with Gasteiger partial charge >= 0.3 is 0 Å². The van der Waals surface area contributed by atoms with E-state index in [0.717, 1.165) is 30.7 Å². The van der Waals surface area contributed by atoms with E-state index in [1.54, 1.807) is 6.33 Å². The Labute approximate surface area is 108 Å². The summed E-state index contributed by atoms with van der Waals surface area (Å²) in [6.07, 6.45) is 6.05. The molecule has 5 nitrogen and oxygen atoms in total. The molecule has 0 amide bonds. The fraction of sp³-hybridized carbons (Fsp3) is 0.400. The molecule has 3 rings (SSSR count). The summed E-state index contributed by atoms with van der Waals surface area (Å²) in [6, 6.07) is 0. The lowest BCUT2D eigenvalue weighted by molar-refractivity contribution is 0.653. The number of aromatic nitrogens is 5. The second-order valence-electron chi connectivity index (χ2n) is 3.91. The van der Waals surface area contributed by atoms with Gasteiger partial charge in [0.25, 0.3) is 0 Å². The minimum atomic E-state index is 0.0858. The Morgan fingerprint density at radius 3 is 2.82 bits per heavy atom. The molecule has 0 fully saturated rings. The van der Waals surface area contributed by atoms with Gasteiger partial charge in [-0.1, -0.05) is 11.6 Å². The Morgan fingerprint density at radius 2 is 1.94 bits per heavy atom. The summed E-state index contributed by atoms with van der Waals surface area (Å²) >= 11 is 11.7. The SMILES string of the molecule is Clc1nnc(Cl)c(-n2cnc3c2CCCC3)n1. The molecule has 0 aliphatic heterocycles. The van der Waals surface area contributed by atoms with Crippen molar-refractivity contribution in [3.05, 3.63) is 28.2 Å². The van der Waals surface area contributed by atoms with E-state index in [-0.39, 0.29) is 10.4 Å². The molecule has 7 heteroatoms. The lowest BCUT2D eigenvalue weighted by Crippen LogP contribution is -2.09. The first-order valence-corrected chi connectivity index (χ1v) is 6.12. The Balaban J connectivity index is 2.15. The number of aryl methyl sites for hydroxylation is 1. The number of halogens is 2. The van der Waals surface area contributed by atoms with E-state index in [1.165, 1.54) is 6.42 Å². The minimum Gasteiger partial charge on any atom is -0.284 e. The maximum atomic E-state index is 5.99. The first-order valence-electron chi connectivity index (χ1n) is 5.37. The van der Waals surface area contributed by atoms with E-state index in [0.29, 0.717) is 5.82 Å². The van der Waals surface area contributed by atoms with Crippen LogP contribution in [0.3, 0.4) is 0 Å². The molecule has 0 spiro atoms. The summed E-state index contributed by atoms with van der Waals surface area (Å²) < 4.78 is 1.86. The fourth-order valence-corrected chi connectivity index (χ4v) is 2.38. The molecule has 2 aromatic heterocycles. The van der Waals surface area contributed by atoms with Gasteiger partial charge in [-0.25, -0.2) is 4.98 Å². The van der Waals surface area contributed by atoms with Crippen molar-refractivity contribution in [2.45, 2.75) is 25.7 Å². The predicted octanol–water partition coefficient (Wildman–Crippen LogP) is 2.24. The van der Waals surface area contributed by atoms with Gasteiger partial charge in [-0.15, -0.1) is 10.2 Å². The van der Waals surface area contributed by atoms with Gasteiger partial charge in [-0.2, -0.15) is 4.98 Å². The molecule has 0 atom stereocenters. The standard InChI is InChI=1S/C10H9Cl2N5/c11-8-9(14-10(12)16-15-8)17-5-13-6-3-1-2-4-7(6)17/h5H,1-4H2. The zero-order chi connectivity index (χ0) is 11.8. The third-order valence-electron chi connectivity index (χ3n) is 2.86. The Bertz CT molecular complexity index is 566. The zero-order valence-corrected chi connectivity index (χ0v) is 10.4. The highest BCUT2D eigenvalue weighted by molar-refractivity contribution is 6.31. The van der Waals surface area contributed by atoms with Crippen molar-refractivity contribution in [3.63, 3.8) is 0 Å². The summed E-state index contributed by atoms with van der Waals surface area (Å²) in [6.45, 7) is 0. The average Bonchev–Trinajstić information content (AvgIpc) is 2.76. The van der Waals surface area contributed by atoms with Gasteiger partial charge in [-0.3, -0.25) is 4.57 Å². The number of nitrogens with zero attached hydrogens (tertiary/aromatic N) is 5. The summed E-state index contributed by atoms with van der Waals surface area (Å²) in [5, 5.41) is 7.68. The molecule has 0 bridgehead atoms. The maximum absolute atomic E-state index is 5.99. The van der Waals surface area contributed by atoms with Crippen molar-refractivity contribution in [3.8, 4) is 5.82 Å².